The summed E-state index contributed by atoms with van der Waals surface area (Å²) in [6, 6.07) is 5.73. The number of nitrogens with one attached hydrogen (secondary N) is 1. The summed E-state index contributed by atoms with van der Waals surface area (Å²) in [6.45, 7) is 0.464. The van der Waals surface area contributed by atoms with E-state index in [1.165, 1.54) is 0 Å². The molecule has 2 aromatic rings. The van der Waals surface area contributed by atoms with E-state index in [0.717, 1.165) is 29.4 Å². The van der Waals surface area contributed by atoms with Gasteiger partial charge < -0.3 is 10.7 Å². The SMILES string of the molecule is NCc1ccc2nc(C3CCCCS3(=O)=O)[nH]c2c1. The van der Waals surface area contributed by atoms with E-state index in [9.17, 15) is 8.42 Å². The van der Waals surface area contributed by atoms with E-state index >= 15 is 0 Å². The minimum atomic E-state index is -3.06. The molecule has 1 unspecified atom stereocenters. The van der Waals surface area contributed by atoms with E-state index in [1.807, 2.05) is 18.2 Å². The zero-order chi connectivity index (χ0) is 13.5. The third-order valence-electron chi connectivity index (χ3n) is 3.68. The lowest BCUT2D eigenvalue weighted by atomic mass is 10.2. The van der Waals surface area contributed by atoms with Crippen LogP contribution in [0.5, 0.6) is 0 Å². The summed E-state index contributed by atoms with van der Waals surface area (Å²) in [4.78, 5) is 7.58. The number of rotatable bonds is 2. The Morgan fingerprint density at radius 1 is 1.37 bits per heavy atom. The van der Waals surface area contributed by atoms with E-state index in [1.54, 1.807) is 0 Å². The number of hydrogen-bond acceptors (Lipinski definition) is 4. The van der Waals surface area contributed by atoms with Gasteiger partial charge in [0.05, 0.1) is 16.8 Å². The second-order valence-electron chi connectivity index (χ2n) is 5.03. The molecule has 1 atom stereocenters. The van der Waals surface area contributed by atoms with Crippen molar-refractivity contribution >= 4 is 20.9 Å². The summed E-state index contributed by atoms with van der Waals surface area (Å²) in [7, 11) is -3.06. The van der Waals surface area contributed by atoms with E-state index in [4.69, 9.17) is 5.73 Å². The van der Waals surface area contributed by atoms with E-state index in [-0.39, 0.29) is 5.75 Å². The lowest BCUT2D eigenvalue weighted by molar-refractivity contribution is 0.540. The first-order chi connectivity index (χ1) is 9.10. The highest BCUT2D eigenvalue weighted by atomic mass is 32.2. The summed E-state index contributed by atoms with van der Waals surface area (Å²) in [5, 5.41) is -0.477. The largest absolute Gasteiger partial charge is 0.341 e. The number of aromatic nitrogens is 2. The minimum Gasteiger partial charge on any atom is -0.341 e. The Bertz CT molecular complexity index is 706. The maximum atomic E-state index is 12.1. The summed E-state index contributed by atoms with van der Waals surface area (Å²) in [5.41, 5.74) is 8.27. The van der Waals surface area contributed by atoms with Crippen molar-refractivity contribution in [2.75, 3.05) is 5.75 Å². The molecule has 0 saturated carbocycles. The van der Waals surface area contributed by atoms with Crippen molar-refractivity contribution in [2.24, 2.45) is 5.73 Å². The Balaban J connectivity index is 2.05. The highest BCUT2D eigenvalue weighted by Gasteiger charge is 2.32. The van der Waals surface area contributed by atoms with Crippen LogP contribution in [0.15, 0.2) is 18.2 Å². The molecule has 1 aromatic heterocycles. The molecule has 1 fully saturated rings. The molecule has 19 heavy (non-hydrogen) atoms. The van der Waals surface area contributed by atoms with Crippen molar-refractivity contribution in [1.29, 1.82) is 0 Å². The molecule has 3 N–H and O–H groups in total. The Morgan fingerprint density at radius 2 is 2.21 bits per heavy atom. The molecule has 0 radical (unpaired) electrons. The van der Waals surface area contributed by atoms with Crippen LogP contribution in [0.2, 0.25) is 0 Å². The average molecular weight is 279 g/mol. The number of benzene rings is 1. The van der Waals surface area contributed by atoms with E-state index < -0.39 is 15.1 Å². The number of H-pyrrole nitrogens is 1. The molecule has 0 bridgehead atoms. The molecule has 0 spiro atoms. The lowest BCUT2D eigenvalue weighted by Gasteiger charge is -2.20. The van der Waals surface area contributed by atoms with Gasteiger partial charge in [-0.25, -0.2) is 13.4 Å². The summed E-state index contributed by atoms with van der Waals surface area (Å²) in [5.74, 6) is 0.840. The summed E-state index contributed by atoms with van der Waals surface area (Å²) < 4.78 is 24.2. The van der Waals surface area contributed by atoms with Crippen LogP contribution >= 0.6 is 0 Å². The van der Waals surface area contributed by atoms with Gasteiger partial charge in [-0.15, -0.1) is 0 Å². The number of hydrogen-bond donors (Lipinski definition) is 2. The normalized spacial score (nSPS) is 22.7. The van der Waals surface area contributed by atoms with Crippen LogP contribution in [-0.4, -0.2) is 24.1 Å². The van der Waals surface area contributed by atoms with Crippen LogP contribution in [0.3, 0.4) is 0 Å². The number of fused-ring (bicyclic) bond motifs is 1. The Morgan fingerprint density at radius 3 is 2.95 bits per heavy atom. The number of imidazole rings is 1. The van der Waals surface area contributed by atoms with Crippen LogP contribution in [-0.2, 0) is 16.4 Å². The van der Waals surface area contributed by atoms with E-state index in [2.05, 4.69) is 9.97 Å². The standard InChI is InChI=1S/C13H17N3O2S/c14-8-9-4-5-10-11(7-9)16-13(15-10)12-3-1-2-6-19(12,17)18/h4-5,7,12H,1-3,6,8,14H2,(H,15,16). The van der Waals surface area contributed by atoms with Crippen molar-refractivity contribution in [2.45, 2.75) is 31.1 Å². The van der Waals surface area contributed by atoms with Gasteiger partial charge in [0, 0.05) is 6.54 Å². The van der Waals surface area contributed by atoms with Crippen LogP contribution in [0.25, 0.3) is 11.0 Å². The molecule has 1 aromatic carbocycles. The Labute approximate surface area is 112 Å². The van der Waals surface area contributed by atoms with Gasteiger partial charge in [0.1, 0.15) is 11.1 Å². The fraction of sp³-hybridized carbons (Fsp3) is 0.462. The average Bonchev–Trinajstić information content (AvgIpc) is 2.80. The molecule has 0 aliphatic carbocycles. The van der Waals surface area contributed by atoms with Gasteiger partial charge in [-0.05, 0) is 30.5 Å². The third-order valence-corrected chi connectivity index (χ3v) is 5.87. The van der Waals surface area contributed by atoms with Crippen LogP contribution < -0.4 is 5.73 Å². The van der Waals surface area contributed by atoms with Crippen LogP contribution in [0.1, 0.15) is 35.9 Å². The Hall–Kier alpha value is -1.40. The zero-order valence-corrected chi connectivity index (χ0v) is 11.4. The number of aromatic amines is 1. The molecule has 5 nitrogen and oxygen atoms in total. The Kier molecular flexibility index (Phi) is 3.06. The van der Waals surface area contributed by atoms with Crippen molar-refractivity contribution in [3.63, 3.8) is 0 Å². The fourth-order valence-corrected chi connectivity index (χ4v) is 4.49. The van der Waals surface area contributed by atoms with Gasteiger partial charge in [-0.1, -0.05) is 12.5 Å². The summed E-state index contributed by atoms with van der Waals surface area (Å²) in [6.07, 6.45) is 2.36. The first-order valence-corrected chi connectivity index (χ1v) is 8.22. The van der Waals surface area contributed by atoms with Crippen molar-refractivity contribution in [3.8, 4) is 0 Å². The molecule has 1 aliphatic heterocycles. The number of nitrogens with two attached hydrogens (primary N) is 1. The zero-order valence-electron chi connectivity index (χ0n) is 10.6. The summed E-state index contributed by atoms with van der Waals surface area (Å²) >= 11 is 0. The molecule has 1 saturated heterocycles. The molecule has 1 aliphatic rings. The lowest BCUT2D eigenvalue weighted by Crippen LogP contribution is -2.22. The molecule has 6 heteroatoms. The maximum absolute atomic E-state index is 12.1. The number of nitrogens with zero attached hydrogens (tertiary/aromatic N) is 1. The predicted molar refractivity (Wildman–Crippen MR) is 74.4 cm³/mol. The third kappa shape index (κ3) is 2.26. The topological polar surface area (TPSA) is 88.8 Å². The molecule has 3 rings (SSSR count). The van der Waals surface area contributed by atoms with Gasteiger partial charge in [-0.2, -0.15) is 0 Å². The van der Waals surface area contributed by atoms with Crippen LogP contribution in [0, 0.1) is 0 Å². The number of sulfone groups is 1. The van der Waals surface area contributed by atoms with Crippen LogP contribution in [0.4, 0.5) is 0 Å². The highest BCUT2D eigenvalue weighted by molar-refractivity contribution is 7.91. The molecule has 102 valence electrons. The smallest absolute Gasteiger partial charge is 0.160 e. The first-order valence-electron chi connectivity index (χ1n) is 6.50. The first kappa shape index (κ1) is 12.6. The van der Waals surface area contributed by atoms with Gasteiger partial charge >= 0.3 is 0 Å². The molecular formula is C13H17N3O2S. The second-order valence-corrected chi connectivity index (χ2v) is 7.33. The molecule has 0 amide bonds. The highest BCUT2D eigenvalue weighted by Crippen LogP contribution is 2.32. The van der Waals surface area contributed by atoms with Gasteiger partial charge in [-0.3, -0.25) is 0 Å². The maximum Gasteiger partial charge on any atom is 0.160 e. The fourth-order valence-electron chi connectivity index (χ4n) is 2.62. The molecule has 2 heterocycles. The molecular weight excluding hydrogens is 262 g/mol. The quantitative estimate of drug-likeness (QED) is 0.875. The second kappa shape index (κ2) is 4.61. The van der Waals surface area contributed by atoms with Crippen molar-refractivity contribution in [1.82, 2.24) is 9.97 Å². The van der Waals surface area contributed by atoms with Gasteiger partial charge in [0.25, 0.3) is 0 Å². The minimum absolute atomic E-state index is 0.267. The van der Waals surface area contributed by atoms with Gasteiger partial charge in [0.2, 0.25) is 0 Å². The monoisotopic (exact) mass is 279 g/mol. The van der Waals surface area contributed by atoms with E-state index in [0.29, 0.717) is 18.8 Å². The van der Waals surface area contributed by atoms with Crippen molar-refractivity contribution < 1.29 is 8.42 Å². The van der Waals surface area contributed by atoms with Gasteiger partial charge in [0.15, 0.2) is 9.84 Å². The predicted octanol–water partition coefficient (Wildman–Crippen LogP) is 1.66. The van der Waals surface area contributed by atoms with Crippen molar-refractivity contribution in [3.05, 3.63) is 29.6 Å².